The molecule has 174 valence electrons. The first-order valence-corrected chi connectivity index (χ1v) is 12.2. The fourth-order valence-electron chi connectivity index (χ4n) is 6.04. The zero-order chi connectivity index (χ0) is 23.0. The maximum absolute atomic E-state index is 13.1. The van der Waals surface area contributed by atoms with E-state index in [4.69, 9.17) is 0 Å². The minimum atomic E-state index is 0.0293. The summed E-state index contributed by atoms with van der Waals surface area (Å²) >= 11 is 0. The molecule has 0 N–H and O–H groups in total. The van der Waals surface area contributed by atoms with E-state index in [1.54, 1.807) is 0 Å². The summed E-state index contributed by atoms with van der Waals surface area (Å²) in [5.74, 6) is 0.591. The van der Waals surface area contributed by atoms with Gasteiger partial charge in [0.25, 0.3) is 5.91 Å². The molecule has 2 aliphatic heterocycles. The Hall–Kier alpha value is -2.73. The number of likely N-dealkylation sites (tertiary alicyclic amines) is 1. The first-order valence-electron chi connectivity index (χ1n) is 12.2. The molecule has 1 atom stereocenters. The second-order valence-electron chi connectivity index (χ2n) is 10.1. The molecule has 1 spiro atoms. The van der Waals surface area contributed by atoms with Crippen molar-refractivity contribution in [1.29, 1.82) is 0 Å². The molecule has 0 bridgehead atoms. The second-order valence-corrected chi connectivity index (χ2v) is 10.1. The summed E-state index contributed by atoms with van der Waals surface area (Å²) in [5.41, 5.74) is 4.22. The highest BCUT2D eigenvalue weighted by molar-refractivity contribution is 5.92. The third kappa shape index (κ3) is 4.29. The van der Waals surface area contributed by atoms with Crippen LogP contribution in [-0.2, 0) is 10.2 Å². The van der Waals surface area contributed by atoms with Crippen LogP contribution in [0.15, 0.2) is 42.5 Å². The molecule has 33 heavy (non-hydrogen) atoms. The van der Waals surface area contributed by atoms with Crippen molar-refractivity contribution in [3.63, 3.8) is 0 Å². The second kappa shape index (κ2) is 8.90. The quantitative estimate of drug-likeness (QED) is 0.727. The third-order valence-corrected chi connectivity index (χ3v) is 8.00. The van der Waals surface area contributed by atoms with Gasteiger partial charge in [0.15, 0.2) is 0 Å². The Morgan fingerprint density at radius 3 is 2.39 bits per heavy atom. The summed E-state index contributed by atoms with van der Waals surface area (Å²) < 4.78 is 0. The molecule has 6 heteroatoms. The van der Waals surface area contributed by atoms with Gasteiger partial charge in [0, 0.05) is 51.4 Å². The summed E-state index contributed by atoms with van der Waals surface area (Å²) in [4.78, 5) is 36.8. The zero-order valence-electron chi connectivity index (χ0n) is 19.8. The van der Waals surface area contributed by atoms with E-state index in [1.165, 1.54) is 11.1 Å². The molecule has 1 aliphatic carbocycles. The molecule has 2 fully saturated rings. The fraction of sp³-hybridized carbons (Fsp3) is 0.519. The van der Waals surface area contributed by atoms with E-state index < -0.39 is 0 Å². The van der Waals surface area contributed by atoms with Crippen LogP contribution in [0.2, 0.25) is 0 Å². The minimum Gasteiger partial charge on any atom is -0.340 e. The van der Waals surface area contributed by atoms with Gasteiger partial charge in [-0.15, -0.1) is 0 Å². The number of piperazine rings is 1. The molecule has 0 radical (unpaired) electrons. The van der Waals surface area contributed by atoms with Crippen molar-refractivity contribution in [2.75, 3.05) is 46.3 Å². The number of carbonyl (C=O) groups excluding carboxylic acids is 2. The van der Waals surface area contributed by atoms with E-state index in [9.17, 15) is 9.59 Å². The Balaban J connectivity index is 1.28. The number of nitrogens with zero attached hydrogens (tertiary/aromatic N) is 4. The molecule has 1 aromatic carbocycles. The molecule has 0 unspecified atom stereocenters. The molecular weight excluding hydrogens is 412 g/mol. The molecule has 2 aromatic rings. The smallest absolute Gasteiger partial charge is 0.272 e. The van der Waals surface area contributed by atoms with E-state index in [2.05, 4.69) is 41.2 Å². The third-order valence-electron chi connectivity index (χ3n) is 8.00. The number of hydrogen-bond acceptors (Lipinski definition) is 4. The highest BCUT2D eigenvalue weighted by Crippen LogP contribution is 2.52. The van der Waals surface area contributed by atoms with Crippen molar-refractivity contribution in [3.8, 4) is 0 Å². The normalized spacial score (nSPS) is 22.4. The van der Waals surface area contributed by atoms with Crippen LogP contribution in [-0.4, -0.2) is 77.8 Å². The summed E-state index contributed by atoms with van der Waals surface area (Å²) in [6.45, 7) is 6.97. The molecule has 1 aromatic heterocycles. The number of aryl methyl sites for hydroxylation is 1. The highest BCUT2D eigenvalue weighted by atomic mass is 16.2. The molecule has 2 saturated heterocycles. The average Bonchev–Trinajstić information content (AvgIpc) is 3.12. The number of amides is 2. The molecule has 2 amide bonds. The summed E-state index contributed by atoms with van der Waals surface area (Å²) in [6.07, 6.45) is 3.50. The lowest BCUT2D eigenvalue weighted by atomic mass is 9.73. The number of pyridine rings is 1. The van der Waals surface area contributed by atoms with Crippen LogP contribution in [0.3, 0.4) is 0 Å². The Morgan fingerprint density at radius 2 is 1.67 bits per heavy atom. The Morgan fingerprint density at radius 1 is 0.939 bits per heavy atom. The first kappa shape index (κ1) is 22.1. The lowest BCUT2D eigenvalue weighted by Gasteiger charge is -2.40. The van der Waals surface area contributed by atoms with Crippen molar-refractivity contribution in [3.05, 3.63) is 65.0 Å². The Kier molecular flexibility index (Phi) is 5.95. The van der Waals surface area contributed by atoms with Crippen LogP contribution >= 0.6 is 0 Å². The number of rotatable bonds is 3. The van der Waals surface area contributed by atoms with Gasteiger partial charge >= 0.3 is 0 Å². The monoisotopic (exact) mass is 446 g/mol. The number of carbonyl (C=O) groups is 2. The number of piperidine rings is 1. The highest BCUT2D eigenvalue weighted by Gasteiger charge is 2.46. The van der Waals surface area contributed by atoms with Crippen molar-refractivity contribution in [2.24, 2.45) is 0 Å². The largest absolute Gasteiger partial charge is 0.340 e. The average molecular weight is 447 g/mol. The number of likely N-dealkylation sites (N-methyl/N-ethyl adjacent to an activating group) is 1. The van der Waals surface area contributed by atoms with Gasteiger partial charge in [0.2, 0.25) is 5.91 Å². The van der Waals surface area contributed by atoms with Gasteiger partial charge in [0.1, 0.15) is 5.69 Å². The standard InChI is InChI=1S/C27H34N4O2/c1-20-6-5-9-24(28-20)26(33)31-12-10-27(11-13-31)19-21(22-7-3-4-8-23(22)27)18-25(32)30-16-14-29(2)15-17-30/h3-9,21H,10-19H2,1-2H3/t21-/m0/s1. The summed E-state index contributed by atoms with van der Waals surface area (Å²) in [5, 5.41) is 0. The minimum absolute atomic E-state index is 0.0293. The van der Waals surface area contributed by atoms with Gasteiger partial charge in [-0.05, 0) is 67.8 Å². The van der Waals surface area contributed by atoms with Gasteiger partial charge in [-0.25, -0.2) is 4.98 Å². The molecule has 0 saturated carbocycles. The van der Waals surface area contributed by atoms with Crippen LogP contribution in [0.5, 0.6) is 0 Å². The molecule has 6 nitrogen and oxygen atoms in total. The lowest BCUT2D eigenvalue weighted by molar-refractivity contribution is -0.133. The summed E-state index contributed by atoms with van der Waals surface area (Å²) in [7, 11) is 2.12. The zero-order valence-corrected chi connectivity index (χ0v) is 19.8. The van der Waals surface area contributed by atoms with E-state index in [0.717, 1.165) is 64.2 Å². The number of aromatic nitrogens is 1. The van der Waals surface area contributed by atoms with E-state index in [1.807, 2.05) is 34.9 Å². The van der Waals surface area contributed by atoms with Crippen LogP contribution in [0, 0.1) is 6.92 Å². The van der Waals surface area contributed by atoms with Crippen LogP contribution < -0.4 is 0 Å². The molecule has 5 rings (SSSR count). The van der Waals surface area contributed by atoms with E-state index in [0.29, 0.717) is 12.1 Å². The van der Waals surface area contributed by atoms with Crippen molar-refractivity contribution in [2.45, 2.75) is 43.9 Å². The first-order chi connectivity index (χ1) is 15.9. The maximum atomic E-state index is 13.1. The van der Waals surface area contributed by atoms with Crippen LogP contribution in [0.4, 0.5) is 0 Å². The Bertz CT molecular complexity index is 1040. The van der Waals surface area contributed by atoms with E-state index in [-0.39, 0.29) is 23.1 Å². The van der Waals surface area contributed by atoms with Crippen LogP contribution in [0.1, 0.15) is 58.9 Å². The van der Waals surface area contributed by atoms with Gasteiger partial charge < -0.3 is 14.7 Å². The van der Waals surface area contributed by atoms with Crippen molar-refractivity contribution in [1.82, 2.24) is 19.7 Å². The fourth-order valence-corrected chi connectivity index (χ4v) is 6.04. The number of fused-ring (bicyclic) bond motifs is 2. The topological polar surface area (TPSA) is 56.8 Å². The molecular formula is C27H34N4O2. The van der Waals surface area contributed by atoms with Crippen molar-refractivity contribution < 1.29 is 9.59 Å². The van der Waals surface area contributed by atoms with Gasteiger partial charge in [0.05, 0.1) is 0 Å². The van der Waals surface area contributed by atoms with Gasteiger partial charge in [-0.2, -0.15) is 0 Å². The lowest BCUT2D eigenvalue weighted by Crippen LogP contribution is -2.47. The maximum Gasteiger partial charge on any atom is 0.272 e. The van der Waals surface area contributed by atoms with Gasteiger partial charge in [-0.3, -0.25) is 9.59 Å². The molecule has 3 heterocycles. The van der Waals surface area contributed by atoms with Crippen molar-refractivity contribution >= 4 is 11.8 Å². The SMILES string of the molecule is Cc1cccc(C(=O)N2CCC3(CC2)C[C@H](CC(=O)N2CCN(C)CC2)c2ccccc23)n1. The van der Waals surface area contributed by atoms with Gasteiger partial charge in [-0.1, -0.05) is 30.3 Å². The number of benzene rings is 1. The molecule has 3 aliphatic rings. The number of hydrogen-bond donors (Lipinski definition) is 0. The predicted octanol–water partition coefficient (Wildman–Crippen LogP) is 3.22. The Labute approximate surface area is 196 Å². The predicted molar refractivity (Wildman–Crippen MR) is 128 cm³/mol. The van der Waals surface area contributed by atoms with Crippen LogP contribution in [0.25, 0.3) is 0 Å². The van der Waals surface area contributed by atoms with E-state index >= 15 is 0 Å². The summed E-state index contributed by atoms with van der Waals surface area (Å²) in [6, 6.07) is 14.3.